The summed E-state index contributed by atoms with van der Waals surface area (Å²) in [7, 11) is 0. The highest BCUT2D eigenvalue weighted by Crippen LogP contribution is 2.23. The molecule has 4 nitrogen and oxygen atoms in total. The summed E-state index contributed by atoms with van der Waals surface area (Å²) in [6.07, 6.45) is 5.34. The Morgan fingerprint density at radius 2 is 1.60 bits per heavy atom. The molecule has 20 heavy (non-hydrogen) atoms. The molecule has 0 saturated heterocycles. The third-order valence-electron chi connectivity index (χ3n) is 3.01. The smallest absolute Gasteiger partial charge is 0.125 e. The Kier molecular flexibility index (Phi) is 3.21. The van der Waals surface area contributed by atoms with Crippen molar-refractivity contribution < 1.29 is 0 Å². The minimum atomic E-state index is 0.767. The summed E-state index contributed by atoms with van der Waals surface area (Å²) in [6.45, 7) is 3.82. The molecule has 98 valence electrons. The van der Waals surface area contributed by atoms with Crippen molar-refractivity contribution in [3.8, 4) is 22.5 Å². The van der Waals surface area contributed by atoms with E-state index in [9.17, 15) is 0 Å². The molecule has 0 spiro atoms. The summed E-state index contributed by atoms with van der Waals surface area (Å²) >= 11 is 0. The van der Waals surface area contributed by atoms with Crippen molar-refractivity contribution in [3.63, 3.8) is 0 Å². The van der Waals surface area contributed by atoms with Crippen molar-refractivity contribution in [3.05, 3.63) is 60.4 Å². The molecule has 0 N–H and O–H groups in total. The van der Waals surface area contributed by atoms with E-state index in [4.69, 9.17) is 0 Å². The molecule has 3 aromatic rings. The summed E-state index contributed by atoms with van der Waals surface area (Å²) in [5.74, 6) is 0.767. The first-order chi connectivity index (χ1) is 9.72. The first kappa shape index (κ1) is 12.4. The van der Waals surface area contributed by atoms with Crippen LogP contribution in [0.1, 0.15) is 11.5 Å². The van der Waals surface area contributed by atoms with E-state index < -0.39 is 0 Å². The predicted octanol–water partition coefficient (Wildman–Crippen LogP) is 3.22. The van der Waals surface area contributed by atoms with Gasteiger partial charge in [0.2, 0.25) is 0 Å². The van der Waals surface area contributed by atoms with E-state index in [1.807, 2.05) is 38.1 Å². The first-order valence-corrected chi connectivity index (χ1v) is 6.41. The van der Waals surface area contributed by atoms with E-state index in [0.717, 1.165) is 34.0 Å². The van der Waals surface area contributed by atoms with Crippen LogP contribution in [-0.4, -0.2) is 19.9 Å². The quantitative estimate of drug-likeness (QED) is 0.711. The van der Waals surface area contributed by atoms with Gasteiger partial charge in [-0.05, 0) is 26.0 Å². The van der Waals surface area contributed by atoms with Crippen LogP contribution >= 0.6 is 0 Å². The minimum absolute atomic E-state index is 0.767. The van der Waals surface area contributed by atoms with E-state index >= 15 is 0 Å². The van der Waals surface area contributed by atoms with Crippen molar-refractivity contribution in [1.29, 1.82) is 0 Å². The normalized spacial score (nSPS) is 10.5. The van der Waals surface area contributed by atoms with Crippen LogP contribution < -0.4 is 0 Å². The molecule has 0 atom stereocenters. The van der Waals surface area contributed by atoms with Crippen LogP contribution in [0.3, 0.4) is 0 Å². The molecule has 1 aromatic carbocycles. The maximum atomic E-state index is 4.45. The van der Waals surface area contributed by atoms with Gasteiger partial charge >= 0.3 is 0 Å². The summed E-state index contributed by atoms with van der Waals surface area (Å²) in [5.41, 5.74) is 4.78. The van der Waals surface area contributed by atoms with Crippen LogP contribution in [0.25, 0.3) is 22.5 Å². The van der Waals surface area contributed by atoms with E-state index in [1.54, 1.807) is 18.6 Å². The minimum Gasteiger partial charge on any atom is -0.258 e. The molecule has 0 amide bonds. The molecule has 4 heteroatoms. The van der Waals surface area contributed by atoms with Gasteiger partial charge < -0.3 is 0 Å². The van der Waals surface area contributed by atoms with Crippen LogP contribution in [-0.2, 0) is 0 Å². The Morgan fingerprint density at radius 3 is 2.30 bits per heavy atom. The average Bonchev–Trinajstić information content (AvgIpc) is 2.48. The second kappa shape index (κ2) is 5.17. The molecular weight excluding hydrogens is 248 g/mol. The molecule has 0 unspecified atom stereocenters. The van der Waals surface area contributed by atoms with E-state index in [0.29, 0.717) is 0 Å². The molecule has 0 aliphatic rings. The zero-order valence-electron chi connectivity index (χ0n) is 11.4. The van der Waals surface area contributed by atoms with Gasteiger partial charge in [-0.3, -0.25) is 9.97 Å². The second-order valence-corrected chi connectivity index (χ2v) is 4.61. The molecule has 0 radical (unpaired) electrons. The number of benzene rings is 1. The van der Waals surface area contributed by atoms with Gasteiger partial charge in [0.05, 0.1) is 23.3 Å². The fraction of sp³-hybridized carbons (Fsp3) is 0.125. The van der Waals surface area contributed by atoms with Gasteiger partial charge in [0.1, 0.15) is 5.82 Å². The predicted molar refractivity (Wildman–Crippen MR) is 78.0 cm³/mol. The van der Waals surface area contributed by atoms with Crippen LogP contribution in [0, 0.1) is 13.8 Å². The zero-order chi connectivity index (χ0) is 13.9. The van der Waals surface area contributed by atoms with Gasteiger partial charge in [-0.2, -0.15) is 0 Å². The first-order valence-electron chi connectivity index (χ1n) is 6.41. The fourth-order valence-corrected chi connectivity index (χ4v) is 2.00. The Bertz CT molecular complexity index is 735. The van der Waals surface area contributed by atoms with Gasteiger partial charge in [0.25, 0.3) is 0 Å². The van der Waals surface area contributed by atoms with Gasteiger partial charge in [-0.1, -0.05) is 18.2 Å². The van der Waals surface area contributed by atoms with E-state index in [-0.39, 0.29) is 0 Å². The number of aryl methyl sites for hydroxylation is 2. The SMILES string of the molecule is Cc1cnc(-c2cccc(-c3ccnc(C)n3)c2)cn1. The van der Waals surface area contributed by atoms with Crippen LogP contribution in [0.15, 0.2) is 48.9 Å². The lowest BCUT2D eigenvalue weighted by Gasteiger charge is -2.05. The Labute approximate surface area is 117 Å². The van der Waals surface area contributed by atoms with Crippen molar-refractivity contribution >= 4 is 0 Å². The molecule has 0 bridgehead atoms. The maximum Gasteiger partial charge on any atom is 0.125 e. The second-order valence-electron chi connectivity index (χ2n) is 4.61. The largest absolute Gasteiger partial charge is 0.258 e. The topological polar surface area (TPSA) is 51.6 Å². The van der Waals surface area contributed by atoms with Crippen LogP contribution in [0.2, 0.25) is 0 Å². The van der Waals surface area contributed by atoms with E-state index in [2.05, 4.69) is 26.0 Å². The van der Waals surface area contributed by atoms with Crippen LogP contribution in [0.5, 0.6) is 0 Å². The Balaban J connectivity index is 2.03. The zero-order valence-corrected chi connectivity index (χ0v) is 11.4. The van der Waals surface area contributed by atoms with Gasteiger partial charge in [-0.25, -0.2) is 9.97 Å². The molecule has 0 saturated carbocycles. The molecule has 0 aliphatic heterocycles. The molecule has 0 aliphatic carbocycles. The van der Waals surface area contributed by atoms with Crippen molar-refractivity contribution in [2.24, 2.45) is 0 Å². The Hall–Kier alpha value is -2.62. The highest BCUT2D eigenvalue weighted by Gasteiger charge is 2.04. The van der Waals surface area contributed by atoms with Gasteiger partial charge in [-0.15, -0.1) is 0 Å². The lowest BCUT2D eigenvalue weighted by atomic mass is 10.1. The lowest BCUT2D eigenvalue weighted by molar-refractivity contribution is 1.06. The number of aromatic nitrogens is 4. The fourth-order valence-electron chi connectivity index (χ4n) is 2.00. The number of nitrogens with zero attached hydrogens (tertiary/aromatic N) is 4. The lowest BCUT2D eigenvalue weighted by Crippen LogP contribution is -1.91. The summed E-state index contributed by atoms with van der Waals surface area (Å²) in [5, 5.41) is 0. The van der Waals surface area contributed by atoms with Gasteiger partial charge in [0.15, 0.2) is 0 Å². The molecule has 0 fully saturated rings. The number of rotatable bonds is 2. The van der Waals surface area contributed by atoms with Crippen molar-refractivity contribution in [2.45, 2.75) is 13.8 Å². The number of hydrogen-bond acceptors (Lipinski definition) is 4. The summed E-state index contributed by atoms with van der Waals surface area (Å²) in [6, 6.07) is 10.0. The van der Waals surface area contributed by atoms with Crippen molar-refractivity contribution in [2.75, 3.05) is 0 Å². The summed E-state index contributed by atoms with van der Waals surface area (Å²) < 4.78 is 0. The van der Waals surface area contributed by atoms with E-state index in [1.165, 1.54) is 0 Å². The monoisotopic (exact) mass is 262 g/mol. The van der Waals surface area contributed by atoms with Crippen LogP contribution in [0.4, 0.5) is 0 Å². The molecule has 3 rings (SSSR count). The highest BCUT2D eigenvalue weighted by atomic mass is 14.9. The highest BCUT2D eigenvalue weighted by molar-refractivity contribution is 5.68. The summed E-state index contributed by atoms with van der Waals surface area (Å²) in [4.78, 5) is 17.3. The average molecular weight is 262 g/mol. The third-order valence-corrected chi connectivity index (χ3v) is 3.01. The van der Waals surface area contributed by atoms with Crippen molar-refractivity contribution in [1.82, 2.24) is 19.9 Å². The third kappa shape index (κ3) is 2.54. The molecular formula is C16H14N4. The molecule has 2 heterocycles. The number of hydrogen-bond donors (Lipinski definition) is 0. The maximum absolute atomic E-state index is 4.45. The molecule has 2 aromatic heterocycles. The van der Waals surface area contributed by atoms with Gasteiger partial charge in [0, 0.05) is 23.5 Å². The Morgan fingerprint density at radius 1 is 0.800 bits per heavy atom. The standard InChI is InChI=1S/C16H14N4/c1-11-9-19-16(10-18-11)14-5-3-4-13(8-14)15-6-7-17-12(2)20-15/h3-10H,1-2H3.